The summed E-state index contributed by atoms with van der Waals surface area (Å²) in [6.07, 6.45) is 1.82. The Morgan fingerprint density at radius 2 is 1.75 bits per heavy atom. The number of ether oxygens (including phenoxy) is 1. The lowest BCUT2D eigenvalue weighted by Crippen LogP contribution is -2.37. The van der Waals surface area contributed by atoms with Crippen molar-refractivity contribution in [2.75, 3.05) is 47.5 Å². The lowest BCUT2D eigenvalue weighted by atomic mass is 10.3. The zero-order valence-electron chi connectivity index (χ0n) is 8.55. The van der Waals surface area contributed by atoms with Gasteiger partial charge in [-0.3, -0.25) is 0 Å². The van der Waals surface area contributed by atoms with Crippen LogP contribution in [0, 0.1) is 0 Å². The molecule has 0 saturated heterocycles. The lowest BCUT2D eigenvalue weighted by molar-refractivity contribution is -0.870. The highest BCUT2D eigenvalue weighted by atomic mass is 16.5. The normalized spacial score (nSPS) is 12.0. The zero-order chi connectivity index (χ0) is 9.45. The molecule has 0 heterocycles. The lowest BCUT2D eigenvalue weighted by Gasteiger charge is -2.23. The van der Waals surface area contributed by atoms with Gasteiger partial charge in [0.15, 0.2) is 0 Å². The Morgan fingerprint density at radius 1 is 1.08 bits per heavy atom. The molecule has 0 aliphatic rings. The minimum atomic E-state index is 0.276. The number of aliphatic hydroxyl groups is 1. The largest absolute Gasteiger partial charge is 0.396 e. The van der Waals surface area contributed by atoms with Gasteiger partial charge in [0.1, 0.15) is 6.54 Å². The van der Waals surface area contributed by atoms with Gasteiger partial charge in [-0.05, 0) is 12.8 Å². The molecule has 0 saturated carbocycles. The molecule has 12 heavy (non-hydrogen) atoms. The first-order valence-electron chi connectivity index (χ1n) is 4.55. The fraction of sp³-hybridized carbons (Fsp3) is 1.00. The summed E-state index contributed by atoms with van der Waals surface area (Å²) >= 11 is 0. The van der Waals surface area contributed by atoms with Crippen molar-refractivity contribution in [3.8, 4) is 0 Å². The monoisotopic (exact) mass is 176 g/mol. The topological polar surface area (TPSA) is 29.5 Å². The van der Waals surface area contributed by atoms with E-state index in [1.807, 2.05) is 0 Å². The van der Waals surface area contributed by atoms with Gasteiger partial charge < -0.3 is 14.3 Å². The van der Waals surface area contributed by atoms with Crippen LogP contribution in [0.1, 0.15) is 12.8 Å². The van der Waals surface area contributed by atoms with E-state index in [-0.39, 0.29) is 6.61 Å². The van der Waals surface area contributed by atoms with Gasteiger partial charge in [0.25, 0.3) is 0 Å². The molecule has 3 heteroatoms. The van der Waals surface area contributed by atoms with Crippen molar-refractivity contribution in [3.63, 3.8) is 0 Å². The van der Waals surface area contributed by atoms with Gasteiger partial charge in [-0.25, -0.2) is 0 Å². The van der Waals surface area contributed by atoms with Crippen molar-refractivity contribution in [2.45, 2.75) is 12.8 Å². The summed E-state index contributed by atoms with van der Waals surface area (Å²) in [4.78, 5) is 0. The van der Waals surface area contributed by atoms with Crippen molar-refractivity contribution in [3.05, 3.63) is 0 Å². The Morgan fingerprint density at radius 3 is 2.25 bits per heavy atom. The molecule has 0 radical (unpaired) electrons. The quantitative estimate of drug-likeness (QED) is 0.451. The molecule has 0 unspecified atom stereocenters. The zero-order valence-corrected chi connectivity index (χ0v) is 8.55. The van der Waals surface area contributed by atoms with E-state index in [2.05, 4.69) is 21.1 Å². The minimum absolute atomic E-state index is 0.276. The van der Waals surface area contributed by atoms with Gasteiger partial charge in [-0.2, -0.15) is 0 Å². The molecule has 3 nitrogen and oxygen atoms in total. The molecule has 0 bridgehead atoms. The van der Waals surface area contributed by atoms with E-state index in [0.29, 0.717) is 0 Å². The van der Waals surface area contributed by atoms with Crippen molar-refractivity contribution in [1.29, 1.82) is 0 Å². The smallest absolute Gasteiger partial charge is 0.102 e. The number of aliphatic hydroxyl groups excluding tert-OH is 1. The predicted octanol–water partition coefficient (Wildman–Crippen LogP) is 0.482. The maximum atomic E-state index is 8.49. The minimum Gasteiger partial charge on any atom is -0.396 e. The van der Waals surface area contributed by atoms with Gasteiger partial charge in [0, 0.05) is 13.2 Å². The summed E-state index contributed by atoms with van der Waals surface area (Å²) in [6, 6.07) is 0. The molecule has 0 aliphatic carbocycles. The molecule has 1 N–H and O–H groups in total. The fourth-order valence-electron chi connectivity index (χ4n) is 0.756. The van der Waals surface area contributed by atoms with Crippen LogP contribution in [0.5, 0.6) is 0 Å². The SMILES string of the molecule is C[N+](C)(C)CCOCCCCO. The Balaban J connectivity index is 3.01. The average Bonchev–Trinajstić information content (AvgIpc) is 1.94. The summed E-state index contributed by atoms with van der Waals surface area (Å²) in [5.41, 5.74) is 0. The van der Waals surface area contributed by atoms with E-state index in [9.17, 15) is 0 Å². The Bertz CT molecular complexity index is 99.2. The van der Waals surface area contributed by atoms with Crippen LogP contribution >= 0.6 is 0 Å². The van der Waals surface area contributed by atoms with Crippen molar-refractivity contribution in [1.82, 2.24) is 0 Å². The molecule has 0 aliphatic heterocycles. The average molecular weight is 176 g/mol. The summed E-state index contributed by atoms with van der Waals surface area (Å²) in [7, 11) is 6.45. The third-order valence-electron chi connectivity index (χ3n) is 1.60. The van der Waals surface area contributed by atoms with Crippen LogP contribution in [-0.2, 0) is 4.74 Å². The highest BCUT2D eigenvalue weighted by Gasteiger charge is 2.04. The molecule has 0 amide bonds. The second-order valence-corrected chi connectivity index (χ2v) is 4.06. The number of quaternary nitrogens is 1. The van der Waals surface area contributed by atoms with Crippen LogP contribution < -0.4 is 0 Å². The van der Waals surface area contributed by atoms with Crippen molar-refractivity contribution in [2.24, 2.45) is 0 Å². The van der Waals surface area contributed by atoms with Gasteiger partial charge in [-0.15, -0.1) is 0 Å². The van der Waals surface area contributed by atoms with Crippen LogP contribution in [0.15, 0.2) is 0 Å². The van der Waals surface area contributed by atoms with E-state index in [4.69, 9.17) is 9.84 Å². The van der Waals surface area contributed by atoms with Crippen LogP contribution in [0.2, 0.25) is 0 Å². The Hall–Kier alpha value is -0.120. The molecule has 74 valence electrons. The number of hydrogen-bond acceptors (Lipinski definition) is 2. The number of unbranched alkanes of at least 4 members (excludes halogenated alkanes) is 1. The molecular weight excluding hydrogens is 154 g/mol. The van der Waals surface area contributed by atoms with Crippen molar-refractivity contribution >= 4 is 0 Å². The highest BCUT2D eigenvalue weighted by Crippen LogP contribution is 1.92. The van der Waals surface area contributed by atoms with E-state index in [0.717, 1.165) is 37.1 Å². The van der Waals surface area contributed by atoms with Crippen molar-refractivity contribution < 1.29 is 14.3 Å². The summed E-state index contributed by atoms with van der Waals surface area (Å²) < 4.78 is 6.33. The third-order valence-corrected chi connectivity index (χ3v) is 1.60. The Labute approximate surface area is 75.5 Å². The van der Waals surface area contributed by atoms with Crippen LogP contribution in [0.25, 0.3) is 0 Å². The van der Waals surface area contributed by atoms with Crippen LogP contribution in [-0.4, -0.2) is 57.1 Å². The summed E-state index contributed by atoms with van der Waals surface area (Å²) in [5, 5.41) is 8.49. The van der Waals surface area contributed by atoms with Gasteiger partial charge in [0.2, 0.25) is 0 Å². The maximum absolute atomic E-state index is 8.49. The molecule has 0 atom stereocenters. The van der Waals surface area contributed by atoms with Gasteiger partial charge in [0.05, 0.1) is 27.7 Å². The standard InChI is InChI=1S/C9H22NO2/c1-10(2,3)6-9-12-8-5-4-7-11/h11H,4-9H2,1-3H3/q+1. The molecule has 0 fully saturated rings. The number of likely N-dealkylation sites (N-methyl/N-ethyl adjacent to an activating group) is 1. The number of rotatable bonds is 7. The molecule has 0 aromatic heterocycles. The van der Waals surface area contributed by atoms with Crippen LogP contribution in [0.3, 0.4) is 0 Å². The third kappa shape index (κ3) is 9.88. The van der Waals surface area contributed by atoms with E-state index < -0.39 is 0 Å². The summed E-state index contributed by atoms with van der Waals surface area (Å²) in [6.45, 7) is 2.91. The van der Waals surface area contributed by atoms with Gasteiger partial charge in [-0.1, -0.05) is 0 Å². The first-order chi connectivity index (χ1) is 5.56. The van der Waals surface area contributed by atoms with Gasteiger partial charge >= 0.3 is 0 Å². The number of hydrogen-bond donors (Lipinski definition) is 1. The highest BCUT2D eigenvalue weighted by molar-refractivity contribution is 4.36. The molecule has 0 rings (SSSR count). The first kappa shape index (κ1) is 11.9. The second-order valence-electron chi connectivity index (χ2n) is 4.06. The molecular formula is C9H22NO2+. The Kier molecular flexibility index (Phi) is 6.34. The molecule has 0 spiro atoms. The van der Waals surface area contributed by atoms with E-state index >= 15 is 0 Å². The number of nitrogens with zero attached hydrogens (tertiary/aromatic N) is 1. The fourth-order valence-corrected chi connectivity index (χ4v) is 0.756. The molecule has 0 aromatic rings. The predicted molar refractivity (Wildman–Crippen MR) is 50.0 cm³/mol. The van der Waals surface area contributed by atoms with Crippen LogP contribution in [0.4, 0.5) is 0 Å². The molecule has 0 aromatic carbocycles. The summed E-state index contributed by atoms with van der Waals surface area (Å²) in [5.74, 6) is 0. The maximum Gasteiger partial charge on any atom is 0.102 e. The second kappa shape index (κ2) is 6.40. The van der Waals surface area contributed by atoms with E-state index in [1.54, 1.807) is 0 Å². The van der Waals surface area contributed by atoms with E-state index in [1.165, 1.54) is 0 Å². The first-order valence-corrected chi connectivity index (χ1v) is 4.55.